The Bertz CT molecular complexity index is 109. The first-order valence-corrected chi connectivity index (χ1v) is 4.69. The molecule has 0 heteroatoms. The van der Waals surface area contributed by atoms with E-state index in [1.54, 1.807) is 0 Å². The highest BCUT2D eigenvalue weighted by atomic mass is 14.1. The molecule has 0 spiro atoms. The molecular formula is C11H22. The zero-order valence-corrected chi connectivity index (χ0v) is 8.48. The second-order valence-electron chi connectivity index (χ2n) is 4.28. The summed E-state index contributed by atoms with van der Waals surface area (Å²) in [6.45, 7) is 13.1. The van der Waals surface area contributed by atoms with Gasteiger partial charge in [0.05, 0.1) is 0 Å². The van der Waals surface area contributed by atoms with Crippen LogP contribution in [0, 0.1) is 11.8 Å². The van der Waals surface area contributed by atoms with Crippen LogP contribution in [0.2, 0.25) is 0 Å². The fourth-order valence-electron chi connectivity index (χ4n) is 1.17. The van der Waals surface area contributed by atoms with Crippen LogP contribution in [-0.4, -0.2) is 0 Å². The van der Waals surface area contributed by atoms with Crippen molar-refractivity contribution in [3.63, 3.8) is 0 Å². The molecule has 0 aliphatic rings. The summed E-state index contributed by atoms with van der Waals surface area (Å²) in [4.78, 5) is 0. The summed E-state index contributed by atoms with van der Waals surface area (Å²) in [7, 11) is 0. The van der Waals surface area contributed by atoms with Crippen LogP contribution in [0.3, 0.4) is 0 Å². The molecule has 0 unspecified atom stereocenters. The molecule has 0 rings (SSSR count). The van der Waals surface area contributed by atoms with E-state index in [0.717, 1.165) is 11.8 Å². The summed E-state index contributed by atoms with van der Waals surface area (Å²) < 4.78 is 0. The first-order chi connectivity index (χ1) is 5.02. The monoisotopic (exact) mass is 154 g/mol. The highest BCUT2D eigenvalue weighted by molar-refractivity contribution is 4.94. The molecule has 0 atom stereocenters. The lowest BCUT2D eigenvalue weighted by Gasteiger charge is -2.09. The molecule has 0 radical (unpaired) electrons. The molecule has 0 aromatic carbocycles. The molecule has 0 N–H and O–H groups in total. The summed E-state index contributed by atoms with van der Waals surface area (Å²) >= 11 is 0. The lowest BCUT2D eigenvalue weighted by atomic mass is 9.97. The first kappa shape index (κ1) is 10.7. The van der Waals surface area contributed by atoms with Crippen molar-refractivity contribution in [1.82, 2.24) is 0 Å². The van der Waals surface area contributed by atoms with Gasteiger partial charge in [-0.15, -0.1) is 0 Å². The standard InChI is InChI=1S/C11H22/c1-9(2)6-7-11(5)8-10(3)4/h9-10H,5-8H2,1-4H3. The van der Waals surface area contributed by atoms with Gasteiger partial charge in [0.1, 0.15) is 0 Å². The largest absolute Gasteiger partial charge is 0.0999 e. The average molecular weight is 154 g/mol. The zero-order valence-electron chi connectivity index (χ0n) is 8.48. The average Bonchev–Trinajstić information content (AvgIpc) is 1.82. The molecule has 0 aromatic rings. The van der Waals surface area contributed by atoms with Crippen molar-refractivity contribution in [3.05, 3.63) is 12.2 Å². The summed E-state index contributed by atoms with van der Waals surface area (Å²) in [5.41, 5.74) is 1.42. The van der Waals surface area contributed by atoms with Gasteiger partial charge >= 0.3 is 0 Å². The Balaban J connectivity index is 3.38. The minimum absolute atomic E-state index is 0.773. The second-order valence-corrected chi connectivity index (χ2v) is 4.28. The Morgan fingerprint density at radius 2 is 1.64 bits per heavy atom. The van der Waals surface area contributed by atoms with Crippen molar-refractivity contribution in [3.8, 4) is 0 Å². The molecule has 0 fully saturated rings. The minimum Gasteiger partial charge on any atom is -0.0999 e. The summed E-state index contributed by atoms with van der Waals surface area (Å²) in [5.74, 6) is 1.59. The summed E-state index contributed by atoms with van der Waals surface area (Å²) in [6, 6.07) is 0. The Labute approximate surface area is 71.7 Å². The van der Waals surface area contributed by atoms with E-state index >= 15 is 0 Å². The maximum atomic E-state index is 4.07. The molecule has 0 saturated heterocycles. The molecular weight excluding hydrogens is 132 g/mol. The third-order valence-corrected chi connectivity index (χ3v) is 1.77. The van der Waals surface area contributed by atoms with E-state index in [1.807, 2.05) is 0 Å². The van der Waals surface area contributed by atoms with Crippen LogP contribution in [0.4, 0.5) is 0 Å². The van der Waals surface area contributed by atoms with E-state index in [2.05, 4.69) is 34.3 Å². The molecule has 0 saturated carbocycles. The number of allylic oxidation sites excluding steroid dienone is 1. The van der Waals surface area contributed by atoms with Gasteiger partial charge in [-0.2, -0.15) is 0 Å². The van der Waals surface area contributed by atoms with Gasteiger partial charge in [0.15, 0.2) is 0 Å². The van der Waals surface area contributed by atoms with Gasteiger partial charge in [0.2, 0.25) is 0 Å². The Kier molecular flexibility index (Phi) is 5.27. The predicted molar refractivity (Wildman–Crippen MR) is 52.7 cm³/mol. The van der Waals surface area contributed by atoms with Crippen molar-refractivity contribution in [2.24, 2.45) is 11.8 Å². The van der Waals surface area contributed by atoms with Crippen LogP contribution < -0.4 is 0 Å². The van der Waals surface area contributed by atoms with Gasteiger partial charge in [-0.1, -0.05) is 39.8 Å². The van der Waals surface area contributed by atoms with E-state index in [9.17, 15) is 0 Å². The summed E-state index contributed by atoms with van der Waals surface area (Å²) in [5, 5.41) is 0. The lowest BCUT2D eigenvalue weighted by Crippen LogP contribution is -1.93. The van der Waals surface area contributed by atoms with Gasteiger partial charge in [-0.3, -0.25) is 0 Å². The number of hydrogen-bond acceptors (Lipinski definition) is 0. The zero-order chi connectivity index (χ0) is 8.85. The predicted octanol–water partition coefficient (Wildman–Crippen LogP) is 4.02. The normalized spacial score (nSPS) is 11.1. The van der Waals surface area contributed by atoms with E-state index in [4.69, 9.17) is 0 Å². The molecule has 0 aliphatic heterocycles. The van der Waals surface area contributed by atoms with Crippen molar-refractivity contribution < 1.29 is 0 Å². The Morgan fingerprint density at radius 1 is 1.09 bits per heavy atom. The molecule has 0 aromatic heterocycles. The quantitative estimate of drug-likeness (QED) is 0.524. The third-order valence-electron chi connectivity index (χ3n) is 1.77. The van der Waals surface area contributed by atoms with E-state index in [0.29, 0.717) is 0 Å². The molecule has 66 valence electrons. The van der Waals surface area contributed by atoms with Gasteiger partial charge in [-0.05, 0) is 31.1 Å². The molecule has 0 bridgehead atoms. The SMILES string of the molecule is C=C(CCC(C)C)CC(C)C. The number of rotatable bonds is 5. The fourth-order valence-corrected chi connectivity index (χ4v) is 1.17. The van der Waals surface area contributed by atoms with Crippen molar-refractivity contribution in [2.75, 3.05) is 0 Å². The van der Waals surface area contributed by atoms with Crippen LogP contribution in [0.15, 0.2) is 12.2 Å². The smallest absolute Gasteiger partial charge is 0.0300 e. The molecule has 0 heterocycles. The minimum atomic E-state index is 0.773. The van der Waals surface area contributed by atoms with Gasteiger partial charge in [0, 0.05) is 0 Å². The van der Waals surface area contributed by atoms with E-state index in [-0.39, 0.29) is 0 Å². The lowest BCUT2D eigenvalue weighted by molar-refractivity contribution is 0.554. The first-order valence-electron chi connectivity index (χ1n) is 4.69. The van der Waals surface area contributed by atoms with Crippen LogP contribution in [0.1, 0.15) is 47.0 Å². The van der Waals surface area contributed by atoms with Crippen molar-refractivity contribution in [1.29, 1.82) is 0 Å². The van der Waals surface area contributed by atoms with Crippen LogP contribution >= 0.6 is 0 Å². The van der Waals surface area contributed by atoms with Crippen molar-refractivity contribution in [2.45, 2.75) is 47.0 Å². The van der Waals surface area contributed by atoms with Crippen LogP contribution in [0.25, 0.3) is 0 Å². The van der Waals surface area contributed by atoms with Crippen LogP contribution in [0.5, 0.6) is 0 Å². The van der Waals surface area contributed by atoms with E-state index in [1.165, 1.54) is 24.8 Å². The highest BCUT2D eigenvalue weighted by Gasteiger charge is 2.00. The Morgan fingerprint density at radius 3 is 2.00 bits per heavy atom. The molecule has 0 amide bonds. The van der Waals surface area contributed by atoms with Gasteiger partial charge < -0.3 is 0 Å². The second kappa shape index (κ2) is 5.40. The molecule has 0 aliphatic carbocycles. The maximum absolute atomic E-state index is 4.07. The molecule has 11 heavy (non-hydrogen) atoms. The summed E-state index contributed by atoms with van der Waals surface area (Å²) in [6.07, 6.45) is 3.72. The van der Waals surface area contributed by atoms with Crippen molar-refractivity contribution >= 4 is 0 Å². The van der Waals surface area contributed by atoms with Crippen LogP contribution in [-0.2, 0) is 0 Å². The van der Waals surface area contributed by atoms with Gasteiger partial charge in [0.25, 0.3) is 0 Å². The number of hydrogen-bond donors (Lipinski definition) is 0. The highest BCUT2D eigenvalue weighted by Crippen LogP contribution is 2.16. The molecule has 0 nitrogen and oxygen atoms in total. The van der Waals surface area contributed by atoms with Gasteiger partial charge in [-0.25, -0.2) is 0 Å². The fraction of sp³-hybridized carbons (Fsp3) is 0.818. The van der Waals surface area contributed by atoms with E-state index < -0.39 is 0 Å². The third kappa shape index (κ3) is 7.64. The maximum Gasteiger partial charge on any atom is -0.0300 e. The Hall–Kier alpha value is -0.260. The topological polar surface area (TPSA) is 0 Å².